The first-order chi connectivity index (χ1) is 9.94. The lowest BCUT2D eigenvalue weighted by molar-refractivity contribution is -0.340. The van der Waals surface area contributed by atoms with Gasteiger partial charge in [0, 0.05) is 6.42 Å². The van der Waals surface area contributed by atoms with Crippen molar-refractivity contribution in [2.75, 3.05) is 0 Å². The van der Waals surface area contributed by atoms with E-state index >= 15 is 0 Å². The molecule has 0 N–H and O–H groups in total. The maximum absolute atomic E-state index is 13.4. The highest BCUT2D eigenvalue weighted by atomic mass is 19.4. The standard InChI is InChI=1S/C12H15F8NO/c1-2-3-4-5-8(21-7-22)6-10(15,16)12(19,20)11(17,18)9(13)14/h8-9H,2-6H2,1H3. The number of nitrogens with zero attached hydrogens (tertiary/aromatic N) is 1. The van der Waals surface area contributed by atoms with Gasteiger partial charge >= 0.3 is 24.2 Å². The Labute approximate surface area is 121 Å². The molecule has 0 amide bonds. The molecule has 130 valence electrons. The maximum Gasteiger partial charge on any atom is 0.377 e. The van der Waals surface area contributed by atoms with Gasteiger partial charge in [-0.15, -0.1) is 0 Å². The smallest absolute Gasteiger partial charge is 0.211 e. The van der Waals surface area contributed by atoms with Gasteiger partial charge in [0.2, 0.25) is 6.08 Å². The molecule has 1 atom stereocenters. The molecular weight excluding hydrogens is 326 g/mol. The molecule has 10 heteroatoms. The molecule has 0 fully saturated rings. The van der Waals surface area contributed by atoms with Crippen molar-refractivity contribution in [3.63, 3.8) is 0 Å². The SMILES string of the molecule is CCCCCC(CC(F)(F)C(F)(F)C(F)(F)C(F)F)N=C=O. The van der Waals surface area contributed by atoms with E-state index in [9.17, 15) is 39.9 Å². The van der Waals surface area contributed by atoms with Crippen LogP contribution in [0.1, 0.15) is 39.0 Å². The van der Waals surface area contributed by atoms with Crippen LogP contribution in [-0.4, -0.2) is 36.3 Å². The second kappa shape index (κ2) is 7.89. The Bertz CT molecular complexity index is 393. The number of hydrogen-bond acceptors (Lipinski definition) is 2. The van der Waals surface area contributed by atoms with Crippen LogP contribution in [0.15, 0.2) is 4.99 Å². The van der Waals surface area contributed by atoms with E-state index in [1.165, 1.54) is 0 Å². The van der Waals surface area contributed by atoms with Crippen LogP contribution in [-0.2, 0) is 4.79 Å². The number of alkyl halides is 8. The number of hydrogen-bond donors (Lipinski definition) is 0. The Morgan fingerprint density at radius 3 is 2.00 bits per heavy atom. The van der Waals surface area contributed by atoms with Crippen LogP contribution in [0.25, 0.3) is 0 Å². The van der Waals surface area contributed by atoms with Crippen molar-refractivity contribution in [3.05, 3.63) is 0 Å². The van der Waals surface area contributed by atoms with Gasteiger partial charge in [-0.3, -0.25) is 0 Å². The van der Waals surface area contributed by atoms with Crippen LogP contribution in [0.4, 0.5) is 35.1 Å². The van der Waals surface area contributed by atoms with Crippen molar-refractivity contribution in [1.82, 2.24) is 0 Å². The second-order valence-electron chi connectivity index (χ2n) is 4.78. The summed E-state index contributed by atoms with van der Waals surface area (Å²) in [5, 5.41) is 0. The summed E-state index contributed by atoms with van der Waals surface area (Å²) in [6, 6.07) is -1.70. The molecule has 0 aliphatic carbocycles. The second-order valence-corrected chi connectivity index (χ2v) is 4.78. The molecule has 0 bridgehead atoms. The van der Waals surface area contributed by atoms with Crippen LogP contribution in [0.2, 0.25) is 0 Å². The number of unbranched alkanes of at least 4 members (excludes halogenated alkanes) is 2. The van der Waals surface area contributed by atoms with Crippen molar-refractivity contribution in [2.24, 2.45) is 4.99 Å². The Morgan fingerprint density at radius 2 is 1.59 bits per heavy atom. The zero-order valence-electron chi connectivity index (χ0n) is 11.6. The lowest BCUT2D eigenvalue weighted by atomic mass is 9.95. The lowest BCUT2D eigenvalue weighted by Crippen LogP contribution is -2.58. The summed E-state index contributed by atoms with van der Waals surface area (Å²) >= 11 is 0. The van der Waals surface area contributed by atoms with E-state index in [0.717, 1.165) is 6.08 Å². The minimum Gasteiger partial charge on any atom is -0.211 e. The average molecular weight is 341 g/mol. The highest BCUT2D eigenvalue weighted by molar-refractivity contribution is 5.33. The third-order valence-corrected chi connectivity index (χ3v) is 3.02. The van der Waals surface area contributed by atoms with Crippen LogP contribution >= 0.6 is 0 Å². The summed E-state index contributed by atoms with van der Waals surface area (Å²) in [5.41, 5.74) is 0. The topological polar surface area (TPSA) is 29.4 Å². The first-order valence-corrected chi connectivity index (χ1v) is 6.42. The molecule has 2 nitrogen and oxygen atoms in total. The van der Waals surface area contributed by atoms with E-state index in [0.29, 0.717) is 12.8 Å². The summed E-state index contributed by atoms with van der Waals surface area (Å²) in [6.07, 6.45) is -4.85. The van der Waals surface area contributed by atoms with Gasteiger partial charge in [-0.1, -0.05) is 26.2 Å². The molecule has 22 heavy (non-hydrogen) atoms. The van der Waals surface area contributed by atoms with Gasteiger partial charge in [-0.2, -0.15) is 26.3 Å². The van der Waals surface area contributed by atoms with Gasteiger partial charge in [0.05, 0.1) is 6.04 Å². The third-order valence-electron chi connectivity index (χ3n) is 3.02. The number of aliphatic imine (C=N–C) groups is 1. The molecule has 1 unspecified atom stereocenters. The molecule has 0 rings (SSSR count). The summed E-state index contributed by atoms with van der Waals surface area (Å²) in [5.74, 6) is -17.9. The highest BCUT2D eigenvalue weighted by Crippen LogP contribution is 2.50. The van der Waals surface area contributed by atoms with Crippen molar-refractivity contribution < 1.29 is 39.9 Å². The van der Waals surface area contributed by atoms with Crippen LogP contribution < -0.4 is 0 Å². The molecule has 0 aliphatic rings. The lowest BCUT2D eigenvalue weighted by Gasteiger charge is -2.33. The Kier molecular flexibility index (Phi) is 7.47. The minimum atomic E-state index is -6.27. The Balaban J connectivity index is 5.21. The zero-order valence-corrected chi connectivity index (χ0v) is 11.6. The number of carbonyl (C=O) groups excluding carboxylic acids is 1. The fourth-order valence-corrected chi connectivity index (χ4v) is 1.72. The van der Waals surface area contributed by atoms with Gasteiger partial charge in [-0.25, -0.2) is 18.6 Å². The molecule has 0 aromatic carbocycles. The quantitative estimate of drug-likeness (QED) is 0.242. The summed E-state index contributed by atoms with van der Waals surface area (Å²) in [6.45, 7) is 1.75. The monoisotopic (exact) mass is 341 g/mol. The Morgan fingerprint density at radius 1 is 1.05 bits per heavy atom. The van der Waals surface area contributed by atoms with E-state index in [2.05, 4.69) is 4.99 Å². The fourth-order valence-electron chi connectivity index (χ4n) is 1.72. The van der Waals surface area contributed by atoms with E-state index in [1.54, 1.807) is 6.92 Å². The van der Waals surface area contributed by atoms with Crippen molar-refractivity contribution >= 4 is 6.08 Å². The summed E-state index contributed by atoms with van der Waals surface area (Å²) in [7, 11) is 0. The van der Waals surface area contributed by atoms with Gasteiger partial charge in [0.1, 0.15) is 0 Å². The molecule has 0 aromatic rings. The molecule has 0 radical (unpaired) electrons. The first kappa shape index (κ1) is 20.8. The minimum absolute atomic E-state index is 0.235. The normalized spacial score (nSPS) is 14.8. The van der Waals surface area contributed by atoms with E-state index in [1.807, 2.05) is 0 Å². The zero-order chi connectivity index (χ0) is 17.6. The van der Waals surface area contributed by atoms with Gasteiger partial charge in [-0.05, 0) is 6.42 Å². The van der Waals surface area contributed by atoms with E-state index < -0.39 is 36.7 Å². The molecule has 0 heterocycles. The van der Waals surface area contributed by atoms with Gasteiger partial charge in [0.25, 0.3) is 0 Å². The molecule has 0 aliphatic heterocycles. The molecule has 0 aromatic heterocycles. The summed E-state index contributed by atoms with van der Waals surface area (Å²) < 4.78 is 102. The average Bonchev–Trinajstić information content (AvgIpc) is 2.38. The highest BCUT2D eigenvalue weighted by Gasteiger charge is 2.75. The van der Waals surface area contributed by atoms with E-state index in [4.69, 9.17) is 0 Å². The largest absolute Gasteiger partial charge is 0.377 e. The van der Waals surface area contributed by atoms with Gasteiger partial charge < -0.3 is 0 Å². The Hall–Kier alpha value is -1.18. The molecule has 0 saturated heterocycles. The number of isocyanates is 1. The maximum atomic E-state index is 13.4. The number of rotatable bonds is 10. The van der Waals surface area contributed by atoms with Crippen molar-refractivity contribution in [3.8, 4) is 0 Å². The fraction of sp³-hybridized carbons (Fsp3) is 0.917. The van der Waals surface area contributed by atoms with Crippen LogP contribution in [0, 0.1) is 0 Å². The molecular formula is C12H15F8NO. The van der Waals surface area contributed by atoms with Crippen LogP contribution in [0.3, 0.4) is 0 Å². The predicted molar refractivity (Wildman–Crippen MR) is 61.5 cm³/mol. The summed E-state index contributed by atoms with van der Waals surface area (Å²) in [4.78, 5) is 13.0. The van der Waals surface area contributed by atoms with Crippen LogP contribution in [0.5, 0.6) is 0 Å². The number of halogens is 8. The predicted octanol–water partition coefficient (Wildman–Crippen LogP) is 4.83. The first-order valence-electron chi connectivity index (χ1n) is 6.42. The van der Waals surface area contributed by atoms with Gasteiger partial charge in [0.15, 0.2) is 0 Å². The van der Waals surface area contributed by atoms with E-state index in [-0.39, 0.29) is 12.8 Å². The van der Waals surface area contributed by atoms with Crippen molar-refractivity contribution in [2.45, 2.75) is 69.3 Å². The third kappa shape index (κ3) is 4.66. The molecule has 0 spiro atoms. The van der Waals surface area contributed by atoms with Crippen molar-refractivity contribution in [1.29, 1.82) is 0 Å². The molecule has 0 saturated carbocycles.